The van der Waals surface area contributed by atoms with Gasteiger partial charge in [-0.05, 0) is 13.8 Å². The highest BCUT2D eigenvalue weighted by Gasteiger charge is 2.21. The van der Waals surface area contributed by atoms with E-state index in [-0.39, 0.29) is 0 Å². The van der Waals surface area contributed by atoms with E-state index in [1.807, 2.05) is 23.5 Å². The first kappa shape index (κ1) is 16.2. The summed E-state index contributed by atoms with van der Waals surface area (Å²) in [4.78, 5) is 7.66. The highest BCUT2D eigenvalue weighted by atomic mass is 32.1. The number of hydrogen-bond acceptors (Lipinski definition) is 6. The zero-order valence-electron chi connectivity index (χ0n) is 13.1. The molecule has 0 saturated carbocycles. The number of hydrogen-bond donors (Lipinski definition) is 2. The van der Waals surface area contributed by atoms with Crippen molar-refractivity contribution in [2.45, 2.75) is 26.0 Å². The average molecular weight is 312 g/mol. The number of likely N-dealkylation sites (N-methyl/N-ethyl adjacent to an activating group) is 1. The van der Waals surface area contributed by atoms with Gasteiger partial charge in [0, 0.05) is 45.4 Å². The molecule has 2 aromatic heterocycles. The van der Waals surface area contributed by atoms with Gasteiger partial charge in [-0.15, -0.1) is 11.3 Å². The number of nitrogens with zero attached hydrogens (tertiary/aromatic N) is 3. The van der Waals surface area contributed by atoms with Crippen molar-refractivity contribution in [1.82, 2.24) is 14.7 Å². The minimum atomic E-state index is -0.757. The number of aromatic nitrogens is 2. The fourth-order valence-corrected chi connectivity index (χ4v) is 3.06. The number of rotatable bonds is 8. The fraction of sp³-hybridized carbons (Fsp3) is 0.643. The molecule has 0 radical (unpaired) electrons. The Kier molecular flexibility index (Phi) is 5.21. The molecule has 6 nitrogen and oxygen atoms in total. The van der Waals surface area contributed by atoms with E-state index in [0.29, 0.717) is 19.7 Å². The molecule has 0 bridgehead atoms. The Morgan fingerprint density at radius 3 is 2.95 bits per heavy atom. The second-order valence-electron chi connectivity index (χ2n) is 5.78. The third-order valence-corrected chi connectivity index (χ3v) is 3.86. The Bertz CT molecular complexity index is 573. The van der Waals surface area contributed by atoms with Crippen LogP contribution in [0.25, 0.3) is 4.96 Å². The molecule has 2 heterocycles. The third-order valence-electron chi connectivity index (χ3n) is 3.10. The van der Waals surface area contributed by atoms with E-state index in [1.54, 1.807) is 32.3 Å². The van der Waals surface area contributed by atoms with Crippen LogP contribution in [0.4, 0.5) is 5.82 Å². The molecule has 0 aromatic carbocycles. The molecule has 0 atom stereocenters. The van der Waals surface area contributed by atoms with Gasteiger partial charge in [0.1, 0.15) is 0 Å². The highest BCUT2D eigenvalue weighted by molar-refractivity contribution is 7.15. The van der Waals surface area contributed by atoms with Crippen molar-refractivity contribution < 1.29 is 9.84 Å². The number of thiazole rings is 1. The van der Waals surface area contributed by atoms with Gasteiger partial charge in [-0.1, -0.05) is 0 Å². The van der Waals surface area contributed by atoms with E-state index in [0.717, 1.165) is 23.0 Å². The summed E-state index contributed by atoms with van der Waals surface area (Å²) in [5, 5.41) is 15.4. The number of methoxy groups -OCH3 is 1. The monoisotopic (exact) mass is 312 g/mol. The van der Waals surface area contributed by atoms with E-state index in [4.69, 9.17) is 4.74 Å². The lowest BCUT2D eigenvalue weighted by molar-refractivity contribution is 0.0884. The first-order valence-corrected chi connectivity index (χ1v) is 7.88. The largest absolute Gasteiger partial charge is 0.389 e. The van der Waals surface area contributed by atoms with Crippen LogP contribution in [0.1, 0.15) is 19.5 Å². The summed E-state index contributed by atoms with van der Waals surface area (Å²) >= 11 is 1.61. The van der Waals surface area contributed by atoms with Crippen LogP contribution in [-0.2, 0) is 11.3 Å². The van der Waals surface area contributed by atoms with Crippen LogP contribution in [0, 0.1) is 0 Å². The Morgan fingerprint density at radius 1 is 1.52 bits per heavy atom. The molecular weight excluding hydrogens is 288 g/mol. The summed E-state index contributed by atoms with van der Waals surface area (Å²) < 4.78 is 7.15. The smallest absolute Gasteiger partial charge is 0.195 e. The van der Waals surface area contributed by atoms with Crippen LogP contribution in [-0.4, -0.2) is 53.9 Å². The zero-order chi connectivity index (χ0) is 15.5. The van der Waals surface area contributed by atoms with Crippen molar-refractivity contribution in [1.29, 1.82) is 0 Å². The minimum absolute atomic E-state index is 0.531. The zero-order valence-corrected chi connectivity index (χ0v) is 13.9. The standard InChI is InChI=1S/C14H24N4O2S/c1-14(2,19)10-17(3)12-11(9-15-5-7-20-4)18-6-8-21-13(18)16-12/h6,8,15,19H,5,7,9-10H2,1-4H3. The topological polar surface area (TPSA) is 62.0 Å². The number of nitrogens with one attached hydrogen (secondary N) is 1. The minimum Gasteiger partial charge on any atom is -0.389 e. The molecule has 21 heavy (non-hydrogen) atoms. The molecule has 2 rings (SSSR count). The molecule has 0 aliphatic rings. The summed E-state index contributed by atoms with van der Waals surface area (Å²) in [6.45, 7) is 6.33. The molecule has 0 spiro atoms. The molecule has 0 aliphatic heterocycles. The van der Waals surface area contributed by atoms with Gasteiger partial charge in [0.25, 0.3) is 0 Å². The van der Waals surface area contributed by atoms with Crippen molar-refractivity contribution >= 4 is 22.1 Å². The van der Waals surface area contributed by atoms with Gasteiger partial charge in [0.05, 0.1) is 17.9 Å². The van der Waals surface area contributed by atoms with Gasteiger partial charge in [0.15, 0.2) is 10.8 Å². The van der Waals surface area contributed by atoms with E-state index in [1.165, 1.54) is 0 Å². The van der Waals surface area contributed by atoms with Crippen molar-refractivity contribution in [3.63, 3.8) is 0 Å². The lowest BCUT2D eigenvalue weighted by Gasteiger charge is -2.26. The predicted molar refractivity (Wildman–Crippen MR) is 86.2 cm³/mol. The Labute approximate surface area is 129 Å². The molecule has 0 fully saturated rings. The summed E-state index contributed by atoms with van der Waals surface area (Å²) in [7, 11) is 3.66. The first-order chi connectivity index (χ1) is 9.92. The second-order valence-corrected chi connectivity index (χ2v) is 6.65. The van der Waals surface area contributed by atoms with Gasteiger partial charge in [-0.2, -0.15) is 0 Å². The van der Waals surface area contributed by atoms with Crippen LogP contribution in [0.15, 0.2) is 11.6 Å². The van der Waals surface area contributed by atoms with Crippen molar-refractivity contribution in [3.05, 3.63) is 17.3 Å². The molecule has 0 amide bonds. The maximum atomic E-state index is 10.0. The van der Waals surface area contributed by atoms with E-state index < -0.39 is 5.60 Å². The lowest BCUT2D eigenvalue weighted by atomic mass is 10.1. The van der Waals surface area contributed by atoms with Gasteiger partial charge >= 0.3 is 0 Å². The maximum absolute atomic E-state index is 10.0. The molecular formula is C14H24N4O2S. The van der Waals surface area contributed by atoms with Crippen molar-refractivity contribution in [3.8, 4) is 0 Å². The highest BCUT2D eigenvalue weighted by Crippen LogP contribution is 2.25. The Balaban J connectivity index is 2.19. The SMILES string of the molecule is COCCNCc1c(N(C)CC(C)(C)O)nc2sccn12. The number of aliphatic hydroxyl groups is 1. The van der Waals surface area contributed by atoms with Gasteiger partial charge in [-0.3, -0.25) is 4.40 Å². The number of imidazole rings is 1. The quantitative estimate of drug-likeness (QED) is 0.720. The Morgan fingerprint density at radius 2 is 2.29 bits per heavy atom. The van der Waals surface area contributed by atoms with Gasteiger partial charge in [-0.25, -0.2) is 4.98 Å². The fourth-order valence-electron chi connectivity index (χ4n) is 2.33. The number of fused-ring (bicyclic) bond motifs is 1. The van der Waals surface area contributed by atoms with Gasteiger partial charge < -0.3 is 20.1 Å². The maximum Gasteiger partial charge on any atom is 0.195 e. The second kappa shape index (κ2) is 6.74. The van der Waals surface area contributed by atoms with Crippen LogP contribution >= 0.6 is 11.3 Å². The predicted octanol–water partition coefficient (Wildman–Crippen LogP) is 1.34. The molecule has 0 saturated heterocycles. The van der Waals surface area contributed by atoms with Crippen LogP contribution in [0.3, 0.4) is 0 Å². The van der Waals surface area contributed by atoms with Crippen LogP contribution < -0.4 is 10.2 Å². The molecule has 7 heteroatoms. The molecule has 0 unspecified atom stereocenters. The van der Waals surface area contributed by atoms with Crippen LogP contribution in [0.2, 0.25) is 0 Å². The van der Waals surface area contributed by atoms with E-state index in [9.17, 15) is 5.11 Å². The summed E-state index contributed by atoms with van der Waals surface area (Å²) in [5.41, 5.74) is 0.348. The van der Waals surface area contributed by atoms with E-state index >= 15 is 0 Å². The average Bonchev–Trinajstić information content (AvgIpc) is 2.93. The summed E-state index contributed by atoms with van der Waals surface area (Å²) in [5.74, 6) is 0.911. The molecule has 2 aromatic rings. The molecule has 2 N–H and O–H groups in total. The first-order valence-electron chi connectivity index (χ1n) is 7.00. The number of anilines is 1. The normalized spacial score (nSPS) is 12.2. The molecule has 118 valence electrons. The third kappa shape index (κ3) is 4.16. The van der Waals surface area contributed by atoms with Crippen LogP contribution in [0.5, 0.6) is 0 Å². The lowest BCUT2D eigenvalue weighted by Crippen LogP contribution is -2.37. The van der Waals surface area contributed by atoms with Crippen molar-refractivity contribution in [2.24, 2.45) is 0 Å². The summed E-state index contributed by atoms with van der Waals surface area (Å²) in [6, 6.07) is 0. The molecule has 0 aliphatic carbocycles. The number of ether oxygens (including phenoxy) is 1. The van der Waals surface area contributed by atoms with Gasteiger partial charge in [0.2, 0.25) is 0 Å². The summed E-state index contributed by atoms with van der Waals surface area (Å²) in [6.07, 6.45) is 2.03. The Hall–Kier alpha value is -1.15. The van der Waals surface area contributed by atoms with E-state index in [2.05, 4.69) is 14.7 Å². The van der Waals surface area contributed by atoms with Crippen molar-refractivity contribution in [2.75, 3.05) is 38.8 Å².